The van der Waals surface area contributed by atoms with Crippen LogP contribution in [0.5, 0.6) is 0 Å². The smallest absolute Gasteiger partial charge is 0.326 e. The first-order valence-electron chi connectivity index (χ1n) is 14.4. The number of urea groups is 1. The maximum absolute atomic E-state index is 13.3. The van der Waals surface area contributed by atoms with Crippen molar-refractivity contribution in [3.63, 3.8) is 0 Å². The molecule has 0 saturated carbocycles. The van der Waals surface area contributed by atoms with E-state index < -0.39 is 78.6 Å². The van der Waals surface area contributed by atoms with Crippen molar-refractivity contribution in [3.05, 3.63) is 0 Å². The zero-order valence-corrected chi connectivity index (χ0v) is 25.0. The molecule has 1 saturated heterocycles. The van der Waals surface area contributed by atoms with Crippen LogP contribution in [0.1, 0.15) is 79.6 Å². The van der Waals surface area contributed by atoms with Gasteiger partial charge in [-0.2, -0.15) is 0 Å². The van der Waals surface area contributed by atoms with Gasteiger partial charge in [0.1, 0.15) is 24.2 Å². The first-order chi connectivity index (χ1) is 19.7. The molecule has 4 unspecified atom stereocenters. The summed E-state index contributed by atoms with van der Waals surface area (Å²) in [6.45, 7) is 9.63. The van der Waals surface area contributed by atoms with Crippen LogP contribution >= 0.6 is 0 Å². The molecule has 6 amide bonds. The lowest BCUT2D eigenvalue weighted by Gasteiger charge is -2.26. The molecule has 4 atom stereocenters. The topological polar surface area (TPSA) is 223 Å². The van der Waals surface area contributed by atoms with E-state index >= 15 is 0 Å². The summed E-state index contributed by atoms with van der Waals surface area (Å²) in [4.78, 5) is 88.9. The molecule has 1 fully saturated rings. The van der Waals surface area contributed by atoms with E-state index in [0.29, 0.717) is 25.9 Å². The molecule has 238 valence electrons. The molecule has 0 aliphatic carbocycles. The zero-order chi connectivity index (χ0) is 32.0. The van der Waals surface area contributed by atoms with Crippen molar-refractivity contribution >= 4 is 41.6 Å². The Hall–Kier alpha value is -3.91. The van der Waals surface area contributed by atoms with Crippen LogP contribution in [0.15, 0.2) is 0 Å². The number of aliphatic carboxylic acids is 2. The van der Waals surface area contributed by atoms with Crippen LogP contribution in [0.4, 0.5) is 4.79 Å². The van der Waals surface area contributed by atoms with Gasteiger partial charge in [-0.3, -0.25) is 24.0 Å². The van der Waals surface area contributed by atoms with E-state index in [4.69, 9.17) is 0 Å². The Morgan fingerprint density at radius 3 is 1.67 bits per heavy atom. The molecule has 42 heavy (non-hydrogen) atoms. The minimum atomic E-state index is -1.69. The van der Waals surface area contributed by atoms with Gasteiger partial charge in [0, 0.05) is 19.1 Å². The number of hydrogen-bond acceptors (Lipinski definition) is 7. The summed E-state index contributed by atoms with van der Waals surface area (Å²) in [6.07, 6.45) is 1.64. The van der Waals surface area contributed by atoms with Crippen molar-refractivity contribution in [2.45, 2.75) is 110 Å². The third-order valence-electron chi connectivity index (χ3n) is 6.87. The number of carbonyl (C=O) groups is 7. The fourth-order valence-corrected chi connectivity index (χ4v) is 4.38. The Balaban J connectivity index is 3.10. The van der Waals surface area contributed by atoms with Gasteiger partial charge in [0.15, 0.2) is 0 Å². The van der Waals surface area contributed by atoms with E-state index in [0.717, 1.165) is 12.8 Å². The number of nitrogens with one attached hydrogen (secondary N) is 5. The highest BCUT2D eigenvalue weighted by atomic mass is 16.4. The molecule has 7 N–H and O–H groups in total. The number of carboxylic acid groups (broad SMARTS) is 2. The molecule has 0 radical (unpaired) electrons. The third kappa shape index (κ3) is 12.7. The van der Waals surface area contributed by atoms with Crippen molar-refractivity contribution in [1.29, 1.82) is 0 Å². The molecular weight excluding hydrogens is 552 g/mol. The Morgan fingerprint density at radius 1 is 0.690 bits per heavy atom. The molecule has 0 spiro atoms. The fourth-order valence-electron chi connectivity index (χ4n) is 4.38. The largest absolute Gasteiger partial charge is 0.481 e. The van der Waals surface area contributed by atoms with Crippen molar-refractivity contribution < 1.29 is 43.8 Å². The monoisotopic (exact) mass is 598 g/mol. The van der Waals surface area contributed by atoms with E-state index in [1.807, 2.05) is 13.8 Å². The normalized spacial score (nSPS) is 15.7. The highest BCUT2D eigenvalue weighted by Crippen LogP contribution is 2.11. The Labute approximate surface area is 245 Å². The number of likely N-dealkylation sites (tertiary alicyclic amines) is 1. The lowest BCUT2D eigenvalue weighted by atomic mass is 10.0. The van der Waals surface area contributed by atoms with Gasteiger partial charge in [-0.25, -0.2) is 9.59 Å². The van der Waals surface area contributed by atoms with Gasteiger partial charge < -0.3 is 41.7 Å². The molecule has 0 aromatic carbocycles. The minimum Gasteiger partial charge on any atom is -0.481 e. The van der Waals surface area contributed by atoms with Crippen LogP contribution in [0.25, 0.3) is 0 Å². The SMILES string of the molecule is CCC(CC)NC(=O)NC(C)C(=O)NC(CC(=O)N1CCCC1)C(=O)NC(CC(=O)O)C(=O)NC(CC(C)C)C(=O)O. The minimum absolute atomic E-state index is 0.0631. The Bertz CT molecular complexity index is 979. The highest BCUT2D eigenvalue weighted by Gasteiger charge is 2.34. The predicted octanol–water partition coefficient (Wildman–Crippen LogP) is -0.0650. The van der Waals surface area contributed by atoms with Crippen molar-refractivity contribution in [1.82, 2.24) is 31.5 Å². The molecule has 0 aromatic rings. The van der Waals surface area contributed by atoms with Crippen molar-refractivity contribution in [3.8, 4) is 0 Å². The molecule has 1 aliphatic rings. The van der Waals surface area contributed by atoms with Crippen LogP contribution in [0, 0.1) is 5.92 Å². The molecule has 15 heteroatoms. The number of carbonyl (C=O) groups excluding carboxylic acids is 5. The molecule has 15 nitrogen and oxygen atoms in total. The number of rotatable bonds is 17. The van der Waals surface area contributed by atoms with E-state index in [2.05, 4.69) is 26.6 Å². The van der Waals surface area contributed by atoms with E-state index in [-0.39, 0.29) is 18.4 Å². The van der Waals surface area contributed by atoms with Gasteiger partial charge >= 0.3 is 18.0 Å². The first-order valence-corrected chi connectivity index (χ1v) is 14.4. The third-order valence-corrected chi connectivity index (χ3v) is 6.87. The van der Waals surface area contributed by atoms with E-state index in [9.17, 15) is 43.8 Å². The molecule has 1 heterocycles. The summed E-state index contributed by atoms with van der Waals surface area (Å²) in [5, 5.41) is 30.9. The summed E-state index contributed by atoms with van der Waals surface area (Å²) >= 11 is 0. The summed E-state index contributed by atoms with van der Waals surface area (Å²) < 4.78 is 0. The lowest BCUT2D eigenvalue weighted by molar-refractivity contribution is -0.144. The van der Waals surface area contributed by atoms with Crippen LogP contribution in [0.3, 0.4) is 0 Å². The van der Waals surface area contributed by atoms with Crippen LogP contribution < -0.4 is 26.6 Å². The first kappa shape index (κ1) is 36.1. The van der Waals surface area contributed by atoms with Crippen LogP contribution in [-0.4, -0.2) is 100 Å². The number of hydrogen-bond donors (Lipinski definition) is 7. The second-order valence-electron chi connectivity index (χ2n) is 10.9. The molecule has 0 bridgehead atoms. The summed E-state index contributed by atoms with van der Waals surface area (Å²) in [7, 11) is 0. The van der Waals surface area contributed by atoms with Crippen molar-refractivity contribution in [2.75, 3.05) is 13.1 Å². The maximum atomic E-state index is 13.3. The summed E-state index contributed by atoms with van der Waals surface area (Å²) in [5.74, 6) is -6.14. The van der Waals surface area contributed by atoms with Gasteiger partial charge in [0.05, 0.1) is 12.8 Å². The van der Waals surface area contributed by atoms with Gasteiger partial charge in [0.25, 0.3) is 0 Å². The second kappa shape index (κ2) is 17.8. The molecule has 0 aromatic heterocycles. The number of nitrogens with zero attached hydrogens (tertiary/aromatic N) is 1. The van der Waals surface area contributed by atoms with Crippen molar-refractivity contribution in [2.24, 2.45) is 5.92 Å². The van der Waals surface area contributed by atoms with Crippen LogP contribution in [-0.2, 0) is 28.8 Å². The number of carboxylic acids is 2. The number of amides is 6. The lowest BCUT2D eigenvalue weighted by Crippen LogP contribution is -2.59. The predicted molar refractivity (Wildman–Crippen MR) is 151 cm³/mol. The van der Waals surface area contributed by atoms with Gasteiger partial charge in [0.2, 0.25) is 23.6 Å². The van der Waals surface area contributed by atoms with Gasteiger partial charge in [-0.1, -0.05) is 27.7 Å². The summed E-state index contributed by atoms with van der Waals surface area (Å²) in [6, 6.07) is -6.32. The van der Waals surface area contributed by atoms with Crippen LogP contribution in [0.2, 0.25) is 0 Å². The average Bonchev–Trinajstić information content (AvgIpc) is 3.45. The molecule has 1 aliphatic heterocycles. The highest BCUT2D eigenvalue weighted by molar-refractivity contribution is 5.97. The van der Waals surface area contributed by atoms with E-state index in [1.54, 1.807) is 13.8 Å². The Morgan fingerprint density at radius 2 is 1.19 bits per heavy atom. The zero-order valence-electron chi connectivity index (χ0n) is 25.0. The van der Waals surface area contributed by atoms with E-state index in [1.165, 1.54) is 11.8 Å². The molecular formula is C27H46N6O9. The molecule has 1 rings (SSSR count). The quantitative estimate of drug-likeness (QED) is 0.119. The van der Waals surface area contributed by atoms with Gasteiger partial charge in [-0.05, 0) is 44.9 Å². The standard InChI is InChI=1S/C27H46N6O9/c1-6-17(7-2)29-27(42)28-16(5)23(37)30-18(13-21(34)33-10-8-9-11-33)24(38)31-19(14-22(35)36)25(39)32-20(26(40)41)12-15(3)4/h15-20H,6-14H2,1-5H3,(H,30,37)(H,31,38)(H,32,39)(H,35,36)(H,40,41)(H2,28,29,42). The fraction of sp³-hybridized carbons (Fsp3) is 0.741. The maximum Gasteiger partial charge on any atom is 0.326 e. The average molecular weight is 599 g/mol. The second-order valence-corrected chi connectivity index (χ2v) is 10.9. The Kier molecular flexibility index (Phi) is 15.3. The summed E-state index contributed by atoms with van der Waals surface area (Å²) in [5.41, 5.74) is 0. The van der Waals surface area contributed by atoms with Gasteiger partial charge in [-0.15, -0.1) is 0 Å².